The van der Waals surface area contributed by atoms with E-state index >= 15 is 0 Å². The number of nitrogens with one attached hydrogen (secondary N) is 1. The maximum Gasteiger partial charge on any atom is 0.351 e. The zero-order valence-electron chi connectivity index (χ0n) is 5.65. The molecule has 1 aromatic heterocycles. The molecular formula is C7H5N4+. The third kappa shape index (κ3) is 1.48. The lowest BCUT2D eigenvalue weighted by molar-refractivity contribution is -0.576. The van der Waals surface area contributed by atoms with Crippen LogP contribution in [0.4, 0.5) is 0 Å². The first-order valence-corrected chi connectivity index (χ1v) is 2.90. The molecule has 0 aliphatic rings. The Bertz CT molecular complexity index is 329. The van der Waals surface area contributed by atoms with Gasteiger partial charge in [0.2, 0.25) is 0 Å². The van der Waals surface area contributed by atoms with E-state index in [0.717, 1.165) is 0 Å². The van der Waals surface area contributed by atoms with E-state index in [4.69, 9.17) is 10.7 Å². The quantitative estimate of drug-likeness (QED) is 0.343. The van der Waals surface area contributed by atoms with Gasteiger partial charge in [0.1, 0.15) is 0 Å². The zero-order chi connectivity index (χ0) is 8.10. The monoisotopic (exact) mass is 145 g/mol. The van der Waals surface area contributed by atoms with Gasteiger partial charge in [-0.15, -0.1) is 4.57 Å². The summed E-state index contributed by atoms with van der Waals surface area (Å²) in [4.78, 5) is 3.76. The van der Waals surface area contributed by atoms with E-state index in [2.05, 4.69) is 4.98 Å². The number of aromatic nitrogens is 2. The second kappa shape index (κ2) is 3.25. The number of hydrogen-bond donors (Lipinski definition) is 1. The molecule has 11 heavy (non-hydrogen) atoms. The fourth-order valence-electron chi connectivity index (χ4n) is 0.619. The second-order valence-electron chi connectivity index (χ2n) is 1.74. The Morgan fingerprint density at radius 2 is 2.09 bits per heavy atom. The Kier molecular flexibility index (Phi) is 2.11. The minimum atomic E-state index is 0.146. The van der Waals surface area contributed by atoms with Gasteiger partial charge in [-0.05, 0) is 0 Å². The Morgan fingerprint density at radius 1 is 1.45 bits per heavy atom. The summed E-state index contributed by atoms with van der Waals surface area (Å²) in [7, 11) is 0. The summed E-state index contributed by atoms with van der Waals surface area (Å²) in [5, 5.41) is 15.2. The van der Waals surface area contributed by atoms with Crippen molar-refractivity contribution in [2.75, 3.05) is 0 Å². The first-order chi connectivity index (χ1) is 5.38. The molecule has 0 bridgehead atoms. The highest BCUT2D eigenvalue weighted by atomic mass is 15.0. The van der Waals surface area contributed by atoms with Crippen molar-refractivity contribution in [2.45, 2.75) is 0 Å². The molecule has 0 radical (unpaired) electrons. The van der Waals surface area contributed by atoms with E-state index in [1.165, 1.54) is 17.0 Å². The van der Waals surface area contributed by atoms with Gasteiger partial charge >= 0.3 is 5.70 Å². The SMILES string of the molecule is N#CC(=C=N)[n+]1ccncc1. The third-order valence-electron chi connectivity index (χ3n) is 1.11. The minimum Gasteiger partial charge on any atom is -0.252 e. The van der Waals surface area contributed by atoms with Gasteiger partial charge in [-0.3, -0.25) is 10.4 Å². The van der Waals surface area contributed by atoms with E-state index < -0.39 is 0 Å². The van der Waals surface area contributed by atoms with Crippen LogP contribution in [0.1, 0.15) is 0 Å². The summed E-state index contributed by atoms with van der Waals surface area (Å²) in [5.74, 6) is 2.01. The van der Waals surface area contributed by atoms with Crippen LogP contribution < -0.4 is 4.57 Å². The fraction of sp³-hybridized carbons (Fsp3) is 0. The van der Waals surface area contributed by atoms with Crippen molar-refractivity contribution in [3.05, 3.63) is 24.8 Å². The molecule has 0 fully saturated rings. The molecule has 52 valence electrons. The van der Waals surface area contributed by atoms with Crippen molar-refractivity contribution in [3.8, 4) is 6.07 Å². The predicted octanol–water partition coefficient (Wildman–Crippen LogP) is -0.0179. The first kappa shape index (κ1) is 7.13. The van der Waals surface area contributed by atoms with E-state index in [1.807, 2.05) is 11.9 Å². The van der Waals surface area contributed by atoms with Gasteiger partial charge in [0.05, 0.1) is 18.3 Å². The smallest absolute Gasteiger partial charge is 0.252 e. The molecule has 1 aromatic rings. The Hall–Kier alpha value is -1.98. The maximum absolute atomic E-state index is 8.47. The molecule has 0 amide bonds. The van der Waals surface area contributed by atoms with Crippen molar-refractivity contribution in [3.63, 3.8) is 0 Å². The number of hydrogen-bond acceptors (Lipinski definition) is 3. The Morgan fingerprint density at radius 3 is 2.55 bits per heavy atom. The largest absolute Gasteiger partial charge is 0.351 e. The molecule has 0 unspecified atom stereocenters. The van der Waals surface area contributed by atoms with Gasteiger partial charge in [-0.1, -0.05) is 0 Å². The van der Waals surface area contributed by atoms with Gasteiger partial charge in [-0.2, -0.15) is 5.26 Å². The molecule has 0 aliphatic carbocycles. The van der Waals surface area contributed by atoms with Crippen LogP contribution in [0.3, 0.4) is 0 Å². The van der Waals surface area contributed by atoms with Crippen LogP contribution in [0.5, 0.6) is 0 Å². The summed E-state index contributed by atoms with van der Waals surface area (Å²) < 4.78 is 1.47. The van der Waals surface area contributed by atoms with Crippen LogP contribution in [0.25, 0.3) is 5.70 Å². The van der Waals surface area contributed by atoms with E-state index in [-0.39, 0.29) is 5.70 Å². The summed E-state index contributed by atoms with van der Waals surface area (Å²) in [6.45, 7) is 0. The summed E-state index contributed by atoms with van der Waals surface area (Å²) in [6.07, 6.45) is 6.24. The van der Waals surface area contributed by atoms with Crippen molar-refractivity contribution < 1.29 is 4.57 Å². The molecule has 0 saturated carbocycles. The predicted molar refractivity (Wildman–Crippen MR) is 37.5 cm³/mol. The topological polar surface area (TPSA) is 64.4 Å². The summed E-state index contributed by atoms with van der Waals surface area (Å²) >= 11 is 0. The lowest BCUT2D eigenvalue weighted by Gasteiger charge is -1.84. The van der Waals surface area contributed by atoms with Crippen LogP contribution in [0, 0.1) is 16.7 Å². The van der Waals surface area contributed by atoms with Crippen molar-refractivity contribution in [2.24, 2.45) is 0 Å². The molecule has 1 N–H and O–H groups in total. The van der Waals surface area contributed by atoms with Crippen LogP contribution in [0.15, 0.2) is 24.8 Å². The van der Waals surface area contributed by atoms with Gasteiger partial charge in [0.15, 0.2) is 18.5 Å². The highest BCUT2D eigenvalue weighted by molar-refractivity contribution is 5.80. The van der Waals surface area contributed by atoms with Crippen molar-refractivity contribution in [1.29, 1.82) is 10.7 Å². The second-order valence-corrected chi connectivity index (χ2v) is 1.74. The number of nitriles is 1. The molecule has 1 rings (SSSR count). The van der Waals surface area contributed by atoms with Crippen molar-refractivity contribution in [1.82, 2.24) is 4.98 Å². The normalized spacial score (nSPS) is 7.91. The third-order valence-corrected chi connectivity index (χ3v) is 1.11. The average Bonchev–Trinajstić information content (AvgIpc) is 2.09. The molecule has 0 saturated heterocycles. The van der Waals surface area contributed by atoms with Gasteiger partial charge in [0.25, 0.3) is 0 Å². The van der Waals surface area contributed by atoms with Crippen LogP contribution in [-0.4, -0.2) is 10.9 Å². The van der Waals surface area contributed by atoms with Crippen LogP contribution >= 0.6 is 0 Å². The van der Waals surface area contributed by atoms with Crippen molar-refractivity contribution >= 4 is 11.6 Å². The molecule has 0 aromatic carbocycles. The molecule has 0 aliphatic heterocycles. The van der Waals surface area contributed by atoms with Gasteiger partial charge in [0, 0.05) is 0 Å². The summed E-state index contributed by atoms with van der Waals surface area (Å²) in [5.41, 5.74) is 0.146. The molecule has 1 heterocycles. The first-order valence-electron chi connectivity index (χ1n) is 2.90. The Labute approximate surface area is 63.6 Å². The van der Waals surface area contributed by atoms with Gasteiger partial charge in [-0.25, -0.2) is 0 Å². The maximum atomic E-state index is 8.47. The molecular weight excluding hydrogens is 140 g/mol. The Balaban J connectivity index is 3.15. The molecule has 0 spiro atoms. The molecule has 0 atom stereocenters. The number of rotatable bonds is 1. The highest BCUT2D eigenvalue weighted by Crippen LogP contribution is 1.81. The van der Waals surface area contributed by atoms with Gasteiger partial charge < -0.3 is 0 Å². The van der Waals surface area contributed by atoms with Crippen LogP contribution in [-0.2, 0) is 0 Å². The molecule has 4 nitrogen and oxygen atoms in total. The van der Waals surface area contributed by atoms with E-state index in [1.54, 1.807) is 12.4 Å². The average molecular weight is 145 g/mol. The highest BCUT2D eigenvalue weighted by Gasteiger charge is 2.05. The molecule has 4 heteroatoms. The van der Waals surface area contributed by atoms with E-state index in [0.29, 0.717) is 0 Å². The number of nitrogens with zero attached hydrogens (tertiary/aromatic N) is 3. The van der Waals surface area contributed by atoms with Crippen LogP contribution in [0.2, 0.25) is 0 Å². The standard InChI is InChI=1S/C7H5N4/c8-5-7(6-9)11-3-1-10-2-4-11/h1-4,8H/q+1. The van der Waals surface area contributed by atoms with E-state index in [9.17, 15) is 0 Å². The minimum absolute atomic E-state index is 0.146. The fourth-order valence-corrected chi connectivity index (χ4v) is 0.619. The number of allylic oxidation sites excluding steroid dienone is 1. The summed E-state index contributed by atoms with van der Waals surface area (Å²) in [6, 6.07) is 1.82. The lowest BCUT2D eigenvalue weighted by Crippen LogP contribution is -2.30. The lowest BCUT2D eigenvalue weighted by atomic mass is 10.5. The zero-order valence-corrected chi connectivity index (χ0v) is 5.65.